The second kappa shape index (κ2) is 5.75. The molecule has 1 aromatic carbocycles. The second-order valence-electron chi connectivity index (χ2n) is 3.85. The van der Waals surface area contributed by atoms with E-state index in [9.17, 15) is 0 Å². The molecule has 1 atom stereocenters. The van der Waals surface area contributed by atoms with Crippen LogP contribution in [0.5, 0.6) is 0 Å². The summed E-state index contributed by atoms with van der Waals surface area (Å²) in [6, 6.07) is 9.85. The standard InChI is InChI=1S/C13H10BrClN2S/c1-8(10-5-13(15)18-7-10)17-12-3-2-11(14)4-9(12)6-16/h2-5,7-8,17H,1H3. The van der Waals surface area contributed by atoms with Gasteiger partial charge in [0.05, 0.1) is 15.6 Å². The number of anilines is 1. The van der Waals surface area contributed by atoms with Gasteiger partial charge in [0.2, 0.25) is 0 Å². The lowest BCUT2D eigenvalue weighted by Gasteiger charge is -2.15. The van der Waals surface area contributed by atoms with Gasteiger partial charge in [-0.15, -0.1) is 11.3 Å². The first-order valence-electron chi connectivity index (χ1n) is 5.30. The van der Waals surface area contributed by atoms with Gasteiger partial charge in [0, 0.05) is 10.5 Å². The predicted molar refractivity (Wildman–Crippen MR) is 80.2 cm³/mol. The summed E-state index contributed by atoms with van der Waals surface area (Å²) in [5.74, 6) is 0. The first-order valence-corrected chi connectivity index (χ1v) is 7.35. The fourth-order valence-electron chi connectivity index (χ4n) is 1.60. The van der Waals surface area contributed by atoms with Gasteiger partial charge in [-0.25, -0.2) is 0 Å². The van der Waals surface area contributed by atoms with Crippen LogP contribution in [-0.2, 0) is 0 Å². The molecule has 1 unspecified atom stereocenters. The first kappa shape index (κ1) is 13.4. The van der Waals surface area contributed by atoms with Gasteiger partial charge < -0.3 is 5.32 Å². The number of thiophene rings is 1. The maximum atomic E-state index is 9.10. The monoisotopic (exact) mass is 340 g/mol. The molecule has 5 heteroatoms. The molecule has 0 radical (unpaired) electrons. The van der Waals surface area contributed by atoms with E-state index in [2.05, 4.69) is 27.3 Å². The van der Waals surface area contributed by atoms with E-state index >= 15 is 0 Å². The molecule has 1 N–H and O–H groups in total. The molecule has 0 spiro atoms. The van der Waals surface area contributed by atoms with Crippen LogP contribution in [0, 0.1) is 11.3 Å². The third-order valence-corrected chi connectivity index (χ3v) is 4.16. The van der Waals surface area contributed by atoms with Crippen molar-refractivity contribution in [2.45, 2.75) is 13.0 Å². The van der Waals surface area contributed by atoms with Crippen LogP contribution in [0.25, 0.3) is 0 Å². The lowest BCUT2D eigenvalue weighted by Crippen LogP contribution is -2.06. The number of nitriles is 1. The summed E-state index contributed by atoms with van der Waals surface area (Å²) in [4.78, 5) is 0. The van der Waals surface area contributed by atoms with Crippen LogP contribution in [0.3, 0.4) is 0 Å². The zero-order chi connectivity index (χ0) is 13.1. The van der Waals surface area contributed by atoms with Crippen molar-refractivity contribution in [2.24, 2.45) is 0 Å². The van der Waals surface area contributed by atoms with Crippen LogP contribution in [0.1, 0.15) is 24.1 Å². The highest BCUT2D eigenvalue weighted by molar-refractivity contribution is 9.10. The Morgan fingerprint density at radius 1 is 1.44 bits per heavy atom. The minimum absolute atomic E-state index is 0.113. The van der Waals surface area contributed by atoms with Crippen molar-refractivity contribution < 1.29 is 0 Å². The van der Waals surface area contributed by atoms with Crippen molar-refractivity contribution in [3.05, 3.63) is 49.6 Å². The minimum Gasteiger partial charge on any atom is -0.377 e. The number of nitrogens with zero attached hydrogens (tertiary/aromatic N) is 1. The van der Waals surface area contributed by atoms with Crippen molar-refractivity contribution in [1.82, 2.24) is 0 Å². The number of halogens is 2. The molecule has 0 saturated heterocycles. The second-order valence-corrected chi connectivity index (χ2v) is 6.31. The average Bonchev–Trinajstić information content (AvgIpc) is 2.78. The highest BCUT2D eigenvalue weighted by Gasteiger charge is 2.10. The van der Waals surface area contributed by atoms with Crippen molar-refractivity contribution in [3.63, 3.8) is 0 Å². The van der Waals surface area contributed by atoms with Crippen LogP contribution < -0.4 is 5.32 Å². The van der Waals surface area contributed by atoms with Crippen LogP contribution in [0.15, 0.2) is 34.1 Å². The van der Waals surface area contributed by atoms with E-state index < -0.39 is 0 Å². The zero-order valence-corrected chi connectivity index (χ0v) is 12.7. The summed E-state index contributed by atoms with van der Waals surface area (Å²) in [5.41, 5.74) is 2.57. The molecule has 2 nitrogen and oxygen atoms in total. The molecular weight excluding hydrogens is 332 g/mol. The maximum absolute atomic E-state index is 9.10. The molecule has 0 fully saturated rings. The van der Waals surface area contributed by atoms with E-state index in [1.165, 1.54) is 11.3 Å². The highest BCUT2D eigenvalue weighted by Crippen LogP contribution is 2.29. The van der Waals surface area contributed by atoms with E-state index in [0.717, 1.165) is 20.1 Å². The Labute approximate surface area is 123 Å². The van der Waals surface area contributed by atoms with E-state index in [-0.39, 0.29) is 6.04 Å². The number of hydrogen-bond donors (Lipinski definition) is 1. The van der Waals surface area contributed by atoms with Crippen LogP contribution in [0.2, 0.25) is 4.34 Å². The van der Waals surface area contributed by atoms with E-state index in [1.807, 2.05) is 30.5 Å². The van der Waals surface area contributed by atoms with E-state index in [0.29, 0.717) is 5.56 Å². The van der Waals surface area contributed by atoms with Crippen molar-refractivity contribution in [3.8, 4) is 6.07 Å². The molecule has 0 amide bonds. The molecule has 0 saturated carbocycles. The lowest BCUT2D eigenvalue weighted by molar-refractivity contribution is 0.889. The number of benzene rings is 1. The summed E-state index contributed by atoms with van der Waals surface area (Å²) in [5, 5.41) is 14.4. The number of rotatable bonds is 3. The van der Waals surface area contributed by atoms with Crippen molar-refractivity contribution >= 4 is 44.6 Å². The topological polar surface area (TPSA) is 35.8 Å². The van der Waals surface area contributed by atoms with Gasteiger partial charge in [-0.3, -0.25) is 0 Å². The fraction of sp³-hybridized carbons (Fsp3) is 0.154. The normalized spacial score (nSPS) is 11.9. The van der Waals surface area contributed by atoms with Crippen LogP contribution >= 0.6 is 38.9 Å². The molecular formula is C13H10BrClN2S. The van der Waals surface area contributed by atoms with Crippen LogP contribution in [0.4, 0.5) is 5.69 Å². The summed E-state index contributed by atoms with van der Waals surface area (Å²) in [6.07, 6.45) is 0. The third-order valence-electron chi connectivity index (χ3n) is 2.56. The predicted octanol–water partition coefficient (Wildman–Crippen LogP) is 5.21. The molecule has 0 aliphatic rings. The van der Waals surface area contributed by atoms with Gasteiger partial charge >= 0.3 is 0 Å². The summed E-state index contributed by atoms with van der Waals surface area (Å²) in [7, 11) is 0. The van der Waals surface area contributed by atoms with Crippen molar-refractivity contribution in [2.75, 3.05) is 5.32 Å². The lowest BCUT2D eigenvalue weighted by atomic mass is 10.1. The smallest absolute Gasteiger partial charge is 0.101 e. The molecule has 0 aliphatic heterocycles. The van der Waals surface area contributed by atoms with Gasteiger partial charge in [-0.05, 0) is 42.1 Å². The SMILES string of the molecule is CC(Nc1ccc(Br)cc1C#N)c1csc(Cl)c1. The highest BCUT2D eigenvalue weighted by atomic mass is 79.9. The van der Waals surface area contributed by atoms with Crippen molar-refractivity contribution in [1.29, 1.82) is 5.26 Å². The Hall–Kier alpha value is -1.02. The summed E-state index contributed by atoms with van der Waals surface area (Å²) in [6.45, 7) is 2.04. The Morgan fingerprint density at radius 3 is 2.83 bits per heavy atom. The number of nitrogens with one attached hydrogen (secondary N) is 1. The Balaban J connectivity index is 2.22. The zero-order valence-electron chi connectivity index (χ0n) is 9.58. The molecule has 2 rings (SSSR count). The quantitative estimate of drug-likeness (QED) is 0.832. The Kier molecular flexibility index (Phi) is 4.28. The number of hydrogen-bond acceptors (Lipinski definition) is 3. The Bertz CT molecular complexity index is 603. The van der Waals surface area contributed by atoms with Gasteiger partial charge in [-0.2, -0.15) is 5.26 Å². The minimum atomic E-state index is 0.113. The fourth-order valence-corrected chi connectivity index (χ4v) is 2.95. The molecule has 18 heavy (non-hydrogen) atoms. The maximum Gasteiger partial charge on any atom is 0.101 e. The van der Waals surface area contributed by atoms with Gasteiger partial charge in [-0.1, -0.05) is 27.5 Å². The molecule has 2 aromatic rings. The molecule has 0 aliphatic carbocycles. The molecule has 0 bridgehead atoms. The molecule has 92 valence electrons. The largest absolute Gasteiger partial charge is 0.377 e. The van der Waals surface area contributed by atoms with Gasteiger partial charge in [0.1, 0.15) is 6.07 Å². The Morgan fingerprint density at radius 2 is 2.22 bits per heavy atom. The molecule has 1 aromatic heterocycles. The average molecular weight is 342 g/mol. The van der Waals surface area contributed by atoms with E-state index in [4.69, 9.17) is 16.9 Å². The summed E-state index contributed by atoms with van der Waals surface area (Å²) >= 11 is 10.8. The van der Waals surface area contributed by atoms with Gasteiger partial charge in [0.15, 0.2) is 0 Å². The third kappa shape index (κ3) is 3.05. The van der Waals surface area contributed by atoms with Gasteiger partial charge in [0.25, 0.3) is 0 Å². The first-order chi connectivity index (χ1) is 8.60. The van der Waals surface area contributed by atoms with E-state index in [1.54, 1.807) is 6.07 Å². The summed E-state index contributed by atoms with van der Waals surface area (Å²) < 4.78 is 1.67. The van der Waals surface area contributed by atoms with Crippen LogP contribution in [-0.4, -0.2) is 0 Å². The molecule has 1 heterocycles.